The van der Waals surface area contributed by atoms with Crippen molar-refractivity contribution in [2.45, 2.75) is 16.2 Å². The first-order valence-corrected chi connectivity index (χ1v) is 11.0. The van der Waals surface area contributed by atoms with Gasteiger partial charge in [0.15, 0.2) is 0 Å². The molecule has 3 aromatic carbocycles. The minimum absolute atomic E-state index is 0.0149. The molecule has 0 spiro atoms. The molecule has 0 aliphatic carbocycles. The van der Waals surface area contributed by atoms with Crippen LogP contribution >= 0.6 is 0 Å². The van der Waals surface area contributed by atoms with Crippen LogP contribution in [0.3, 0.4) is 0 Å². The van der Waals surface area contributed by atoms with Gasteiger partial charge in [-0.2, -0.15) is 8.42 Å². The van der Waals surface area contributed by atoms with Crippen LogP contribution in [0.25, 0.3) is 11.1 Å². The number of primary sulfonamides is 1. The molecule has 28 heavy (non-hydrogen) atoms. The Morgan fingerprint density at radius 3 is 2.04 bits per heavy atom. The maximum Gasteiger partial charge on any atom is 0.295 e. The van der Waals surface area contributed by atoms with Gasteiger partial charge < -0.3 is 0 Å². The second-order valence-corrected chi connectivity index (χ2v) is 9.00. The maximum atomic E-state index is 14.7. The summed E-state index contributed by atoms with van der Waals surface area (Å²) in [4.78, 5) is -1.19. The molecule has 0 fully saturated rings. The lowest BCUT2D eigenvalue weighted by molar-refractivity contribution is 0.483. The molecule has 0 saturated heterocycles. The van der Waals surface area contributed by atoms with Crippen LogP contribution in [0.5, 0.6) is 0 Å². The molecule has 0 bridgehead atoms. The van der Waals surface area contributed by atoms with Crippen molar-refractivity contribution < 1.29 is 25.8 Å². The largest absolute Gasteiger partial charge is 0.295 e. The third-order valence-corrected chi connectivity index (χ3v) is 6.03. The Kier molecular flexibility index (Phi) is 5.35. The minimum Gasteiger partial charge on any atom is -0.282 e. The number of nitrogens with two attached hydrogens (primary N) is 1. The molecule has 3 rings (SSSR count). The van der Waals surface area contributed by atoms with E-state index in [0.29, 0.717) is 0 Å². The number of hydrogen-bond acceptors (Lipinski definition) is 4. The second-order valence-electron chi connectivity index (χ2n) is 6.08. The van der Waals surface area contributed by atoms with E-state index in [-0.39, 0.29) is 23.1 Å². The zero-order valence-corrected chi connectivity index (χ0v) is 16.0. The standard InChI is InChI=1S/C19H16FNO5S2/c20-16-9-4-8-14(15(16)12-13-6-2-1-3-7-13)19-17(27(21,22)23)10-5-11-18(19)28(24,25)26/h1-11H,12H2,(H2,21,22,23)(H,24,25,26). The van der Waals surface area contributed by atoms with E-state index in [0.717, 1.165) is 23.8 Å². The molecule has 0 atom stereocenters. The molecule has 0 radical (unpaired) electrons. The highest BCUT2D eigenvalue weighted by molar-refractivity contribution is 7.89. The fraction of sp³-hybridized carbons (Fsp3) is 0.0526. The summed E-state index contributed by atoms with van der Waals surface area (Å²) in [7, 11) is -9.17. The predicted octanol–water partition coefficient (Wildman–Crippen LogP) is 2.98. The van der Waals surface area contributed by atoms with Gasteiger partial charge in [0.25, 0.3) is 10.1 Å². The Hall–Kier alpha value is -2.59. The molecule has 9 heteroatoms. The van der Waals surface area contributed by atoms with E-state index in [2.05, 4.69) is 0 Å². The number of benzene rings is 3. The molecule has 0 aromatic heterocycles. The normalized spacial score (nSPS) is 12.1. The summed E-state index contributed by atoms with van der Waals surface area (Å²) in [5, 5.41) is 5.25. The van der Waals surface area contributed by atoms with Crippen LogP contribution in [0, 0.1) is 5.82 Å². The van der Waals surface area contributed by atoms with Crippen molar-refractivity contribution >= 4 is 20.1 Å². The summed E-state index contributed by atoms with van der Waals surface area (Å²) in [5.41, 5.74) is 0.462. The highest BCUT2D eigenvalue weighted by Crippen LogP contribution is 2.37. The van der Waals surface area contributed by atoms with Crippen LogP contribution in [-0.4, -0.2) is 21.4 Å². The monoisotopic (exact) mass is 421 g/mol. The quantitative estimate of drug-likeness (QED) is 0.615. The van der Waals surface area contributed by atoms with Gasteiger partial charge in [0.1, 0.15) is 10.7 Å². The van der Waals surface area contributed by atoms with Gasteiger partial charge in [-0.3, -0.25) is 4.55 Å². The van der Waals surface area contributed by atoms with Gasteiger partial charge in [0.05, 0.1) is 4.90 Å². The average molecular weight is 421 g/mol. The molecule has 3 N–H and O–H groups in total. The van der Waals surface area contributed by atoms with Gasteiger partial charge in [-0.1, -0.05) is 48.5 Å². The van der Waals surface area contributed by atoms with Gasteiger partial charge in [-0.25, -0.2) is 17.9 Å². The van der Waals surface area contributed by atoms with E-state index < -0.39 is 35.7 Å². The van der Waals surface area contributed by atoms with E-state index in [1.807, 2.05) is 0 Å². The van der Waals surface area contributed by atoms with Crippen molar-refractivity contribution in [1.29, 1.82) is 0 Å². The number of hydrogen-bond donors (Lipinski definition) is 2. The molecule has 0 aliphatic rings. The van der Waals surface area contributed by atoms with Gasteiger partial charge in [0.2, 0.25) is 10.0 Å². The number of halogens is 1. The zero-order valence-electron chi connectivity index (χ0n) is 14.4. The first-order chi connectivity index (χ1) is 13.1. The van der Waals surface area contributed by atoms with Crippen molar-refractivity contribution in [2.24, 2.45) is 5.14 Å². The summed E-state index contributed by atoms with van der Waals surface area (Å²) < 4.78 is 72.2. The smallest absolute Gasteiger partial charge is 0.282 e. The Bertz CT molecular complexity index is 1190. The lowest BCUT2D eigenvalue weighted by Gasteiger charge is -2.16. The summed E-state index contributed by atoms with van der Waals surface area (Å²) in [6.45, 7) is 0. The van der Waals surface area contributed by atoms with E-state index in [9.17, 15) is 25.8 Å². The Morgan fingerprint density at radius 2 is 1.43 bits per heavy atom. The lowest BCUT2D eigenvalue weighted by Crippen LogP contribution is -2.16. The van der Waals surface area contributed by atoms with Crippen LogP contribution in [0.2, 0.25) is 0 Å². The van der Waals surface area contributed by atoms with Crippen molar-refractivity contribution in [3.63, 3.8) is 0 Å². The number of sulfonamides is 1. The Balaban J connectivity index is 2.38. The Morgan fingerprint density at radius 1 is 0.821 bits per heavy atom. The summed E-state index contributed by atoms with van der Waals surface area (Å²) in [6.07, 6.45) is 0.0761. The van der Waals surface area contributed by atoms with E-state index >= 15 is 0 Å². The lowest BCUT2D eigenvalue weighted by atomic mass is 9.94. The SMILES string of the molecule is NS(=O)(=O)c1cccc(S(=O)(=O)O)c1-c1cccc(F)c1Cc1ccccc1. The first-order valence-electron chi connectivity index (χ1n) is 8.04. The van der Waals surface area contributed by atoms with Crippen LogP contribution in [0.15, 0.2) is 76.5 Å². The molecule has 146 valence electrons. The van der Waals surface area contributed by atoms with Crippen LogP contribution < -0.4 is 5.14 Å². The van der Waals surface area contributed by atoms with Crippen molar-refractivity contribution in [3.05, 3.63) is 83.7 Å². The number of rotatable bonds is 5. The summed E-state index contributed by atoms with van der Waals surface area (Å²) in [6, 6.07) is 16.0. The first kappa shape index (κ1) is 20.2. The molecule has 3 aromatic rings. The topological polar surface area (TPSA) is 115 Å². The molecule has 0 unspecified atom stereocenters. The van der Waals surface area contributed by atoms with Crippen LogP contribution in [0.1, 0.15) is 11.1 Å². The van der Waals surface area contributed by atoms with Gasteiger partial charge in [-0.05, 0) is 29.3 Å². The minimum atomic E-state index is -4.81. The molecule has 6 nitrogen and oxygen atoms in total. The fourth-order valence-corrected chi connectivity index (χ4v) is 4.57. The maximum absolute atomic E-state index is 14.7. The van der Waals surface area contributed by atoms with Crippen molar-refractivity contribution in [2.75, 3.05) is 0 Å². The zero-order chi connectivity index (χ0) is 20.5. The molecular weight excluding hydrogens is 405 g/mol. The third kappa shape index (κ3) is 4.12. The van der Waals surface area contributed by atoms with Crippen LogP contribution in [0.4, 0.5) is 4.39 Å². The van der Waals surface area contributed by atoms with Gasteiger partial charge >= 0.3 is 0 Å². The predicted molar refractivity (Wildman–Crippen MR) is 102 cm³/mol. The van der Waals surface area contributed by atoms with Crippen LogP contribution in [-0.2, 0) is 26.6 Å². The third-order valence-electron chi connectivity index (χ3n) is 4.18. The highest BCUT2D eigenvalue weighted by Gasteiger charge is 2.27. The van der Waals surface area contributed by atoms with E-state index in [4.69, 9.17) is 5.14 Å². The van der Waals surface area contributed by atoms with E-state index in [1.165, 1.54) is 18.2 Å². The fourth-order valence-electron chi connectivity index (χ4n) is 3.00. The highest BCUT2D eigenvalue weighted by atomic mass is 32.2. The van der Waals surface area contributed by atoms with Gasteiger partial charge in [-0.15, -0.1) is 0 Å². The molecule has 0 amide bonds. The molecule has 0 heterocycles. The van der Waals surface area contributed by atoms with Crippen molar-refractivity contribution in [3.8, 4) is 11.1 Å². The summed E-state index contributed by atoms with van der Waals surface area (Å²) in [5.74, 6) is -0.646. The second kappa shape index (κ2) is 7.44. The van der Waals surface area contributed by atoms with E-state index in [1.54, 1.807) is 30.3 Å². The molecule has 0 saturated carbocycles. The van der Waals surface area contributed by atoms with Crippen molar-refractivity contribution in [1.82, 2.24) is 0 Å². The summed E-state index contributed by atoms with van der Waals surface area (Å²) >= 11 is 0. The Labute approximate surface area is 162 Å². The molecule has 0 aliphatic heterocycles. The van der Waals surface area contributed by atoms with Gasteiger partial charge in [0, 0.05) is 17.5 Å². The molecular formula is C19H16FNO5S2. The average Bonchev–Trinajstić information content (AvgIpc) is 2.62.